The molecule has 44 heavy (non-hydrogen) atoms. The van der Waals surface area contributed by atoms with Gasteiger partial charge < -0.3 is 19.6 Å². The minimum atomic E-state index is -0.806. The molecule has 6 rings (SSSR count). The van der Waals surface area contributed by atoms with Gasteiger partial charge in [-0.3, -0.25) is 4.79 Å². The van der Waals surface area contributed by atoms with E-state index in [9.17, 15) is 9.90 Å². The summed E-state index contributed by atoms with van der Waals surface area (Å²) in [6, 6.07) is 34.2. The van der Waals surface area contributed by atoms with Crippen molar-refractivity contribution >= 4 is 41.5 Å². The molecule has 2 heterocycles. The lowest BCUT2D eigenvalue weighted by Crippen LogP contribution is -2.54. The van der Waals surface area contributed by atoms with Gasteiger partial charge in [-0.2, -0.15) is 0 Å². The number of morpholine rings is 1. The van der Waals surface area contributed by atoms with Crippen molar-refractivity contribution in [3.63, 3.8) is 0 Å². The fourth-order valence-corrected chi connectivity index (χ4v) is 6.60. The van der Waals surface area contributed by atoms with E-state index in [1.54, 1.807) is 6.07 Å². The first-order chi connectivity index (χ1) is 20.8. The zero-order valence-corrected chi connectivity index (χ0v) is 26.8. The first kappa shape index (κ1) is 32.5. The Bertz CT molecular complexity index is 1540. The van der Waals surface area contributed by atoms with Crippen LogP contribution in [0.15, 0.2) is 103 Å². The second-order valence-electron chi connectivity index (χ2n) is 11.7. The molecule has 1 atom stereocenters. The van der Waals surface area contributed by atoms with Crippen molar-refractivity contribution < 1.29 is 14.6 Å². The molecule has 4 aromatic rings. The van der Waals surface area contributed by atoms with Crippen LogP contribution in [0.5, 0.6) is 0 Å². The van der Waals surface area contributed by atoms with E-state index in [0.29, 0.717) is 42.4 Å². The Labute approximate surface area is 275 Å². The van der Waals surface area contributed by atoms with Gasteiger partial charge in [0.1, 0.15) is 12.2 Å². The van der Waals surface area contributed by atoms with E-state index < -0.39 is 11.2 Å². The van der Waals surface area contributed by atoms with Gasteiger partial charge in [0.25, 0.3) is 0 Å². The third-order valence-electron chi connectivity index (χ3n) is 8.98. The van der Waals surface area contributed by atoms with Gasteiger partial charge in [0.2, 0.25) is 5.91 Å². The van der Waals surface area contributed by atoms with Crippen molar-refractivity contribution in [3.8, 4) is 11.1 Å². The van der Waals surface area contributed by atoms with Crippen molar-refractivity contribution in [2.45, 2.75) is 37.0 Å². The molecular formula is C36H37Cl3N2O3. The summed E-state index contributed by atoms with van der Waals surface area (Å²) in [5, 5.41) is 12.3. The van der Waals surface area contributed by atoms with Gasteiger partial charge in [-0.1, -0.05) is 114 Å². The molecule has 2 aliphatic heterocycles. The highest BCUT2D eigenvalue weighted by atomic mass is 35.5. The highest BCUT2D eigenvalue weighted by Crippen LogP contribution is 2.39. The van der Waals surface area contributed by atoms with Gasteiger partial charge in [0.05, 0.1) is 22.2 Å². The number of benzene rings is 4. The number of nitrogens with zero attached hydrogens (tertiary/aromatic N) is 2. The SMILES string of the molecule is Cl.O=C1COC(CCN2CCC(O)(c3ccccc3)CC2)(c2ccc(Cl)c(Cl)c2)CN1Cc1ccc(-c2ccccc2)cc1. The molecule has 1 unspecified atom stereocenters. The predicted molar refractivity (Wildman–Crippen MR) is 179 cm³/mol. The molecule has 0 spiro atoms. The highest BCUT2D eigenvalue weighted by Gasteiger charge is 2.42. The second-order valence-corrected chi connectivity index (χ2v) is 12.5. The quantitative estimate of drug-likeness (QED) is 0.212. The third-order valence-corrected chi connectivity index (χ3v) is 9.72. The summed E-state index contributed by atoms with van der Waals surface area (Å²) in [6.07, 6.45) is 2.01. The molecule has 230 valence electrons. The minimum absolute atomic E-state index is 0. The monoisotopic (exact) mass is 650 g/mol. The lowest BCUT2D eigenvalue weighted by molar-refractivity contribution is -0.169. The van der Waals surface area contributed by atoms with Crippen LogP contribution in [0.3, 0.4) is 0 Å². The lowest BCUT2D eigenvalue weighted by atomic mass is 9.83. The summed E-state index contributed by atoms with van der Waals surface area (Å²) in [7, 11) is 0. The van der Waals surface area contributed by atoms with Gasteiger partial charge in [-0.25, -0.2) is 0 Å². The van der Waals surface area contributed by atoms with Crippen LogP contribution in [0.25, 0.3) is 11.1 Å². The molecule has 8 heteroatoms. The number of ether oxygens (including phenoxy) is 1. The highest BCUT2D eigenvalue weighted by molar-refractivity contribution is 6.42. The number of amides is 1. The molecule has 1 amide bonds. The van der Waals surface area contributed by atoms with Gasteiger partial charge >= 0.3 is 0 Å². The molecule has 5 nitrogen and oxygen atoms in total. The van der Waals surface area contributed by atoms with Crippen molar-refractivity contribution in [1.29, 1.82) is 0 Å². The summed E-state index contributed by atoms with van der Waals surface area (Å²) in [5.41, 5.74) is 3.71. The Morgan fingerprint density at radius 1 is 0.773 bits per heavy atom. The average molecular weight is 652 g/mol. The largest absolute Gasteiger partial charge is 0.385 e. The molecular weight excluding hydrogens is 615 g/mol. The molecule has 4 aromatic carbocycles. The zero-order chi connectivity index (χ0) is 29.9. The third kappa shape index (κ3) is 7.15. The van der Waals surface area contributed by atoms with Crippen LogP contribution < -0.4 is 0 Å². The van der Waals surface area contributed by atoms with Crippen LogP contribution in [0.2, 0.25) is 10.0 Å². The maximum atomic E-state index is 13.2. The number of aliphatic hydroxyl groups is 1. The number of hydrogen-bond acceptors (Lipinski definition) is 4. The Morgan fingerprint density at radius 2 is 1.41 bits per heavy atom. The first-order valence-corrected chi connectivity index (χ1v) is 15.6. The van der Waals surface area contributed by atoms with E-state index in [1.165, 1.54) is 0 Å². The summed E-state index contributed by atoms with van der Waals surface area (Å²) in [4.78, 5) is 17.4. The molecule has 0 bridgehead atoms. The van der Waals surface area contributed by atoms with Crippen LogP contribution >= 0.6 is 35.6 Å². The number of halogens is 3. The normalized spacial score (nSPS) is 20.2. The average Bonchev–Trinajstić information content (AvgIpc) is 3.05. The Hall–Kier alpha value is -2.90. The van der Waals surface area contributed by atoms with Crippen LogP contribution in [0.1, 0.15) is 36.0 Å². The van der Waals surface area contributed by atoms with E-state index in [1.807, 2.05) is 65.6 Å². The van der Waals surface area contributed by atoms with Crippen LogP contribution in [-0.4, -0.2) is 53.6 Å². The smallest absolute Gasteiger partial charge is 0.249 e. The molecule has 2 fully saturated rings. The molecule has 2 saturated heterocycles. The minimum Gasteiger partial charge on any atom is -0.385 e. The van der Waals surface area contributed by atoms with Gasteiger partial charge in [-0.15, -0.1) is 12.4 Å². The number of rotatable bonds is 8. The Balaban J connectivity index is 0.00000384. The van der Waals surface area contributed by atoms with Crippen molar-refractivity contribution in [3.05, 3.63) is 130 Å². The Morgan fingerprint density at radius 3 is 2.07 bits per heavy atom. The van der Waals surface area contributed by atoms with Crippen LogP contribution in [0, 0.1) is 0 Å². The van der Waals surface area contributed by atoms with Crippen molar-refractivity contribution in [1.82, 2.24) is 9.80 Å². The molecule has 2 aliphatic rings. The van der Waals surface area contributed by atoms with E-state index in [-0.39, 0.29) is 24.9 Å². The number of likely N-dealkylation sites (tertiary alicyclic amines) is 1. The summed E-state index contributed by atoms with van der Waals surface area (Å²) < 4.78 is 6.44. The summed E-state index contributed by atoms with van der Waals surface area (Å²) in [6.45, 7) is 3.22. The molecule has 0 aromatic heterocycles. The first-order valence-electron chi connectivity index (χ1n) is 14.9. The van der Waals surface area contributed by atoms with Gasteiger partial charge in [0, 0.05) is 26.2 Å². The van der Waals surface area contributed by atoms with Crippen molar-refractivity contribution in [2.24, 2.45) is 0 Å². The van der Waals surface area contributed by atoms with E-state index >= 15 is 0 Å². The van der Waals surface area contributed by atoms with Crippen LogP contribution in [0.4, 0.5) is 0 Å². The number of hydrogen-bond donors (Lipinski definition) is 1. The molecule has 0 radical (unpaired) electrons. The second kappa shape index (κ2) is 14.0. The van der Waals surface area contributed by atoms with E-state index in [2.05, 4.69) is 41.3 Å². The van der Waals surface area contributed by atoms with Gasteiger partial charge in [-0.05, 0) is 59.2 Å². The van der Waals surface area contributed by atoms with Crippen LogP contribution in [-0.2, 0) is 27.3 Å². The fourth-order valence-electron chi connectivity index (χ4n) is 6.30. The molecule has 0 saturated carbocycles. The van der Waals surface area contributed by atoms with Gasteiger partial charge in [0.15, 0.2) is 0 Å². The van der Waals surface area contributed by atoms with E-state index in [0.717, 1.165) is 47.5 Å². The standard InChI is InChI=1S/C36H36Cl2N2O3.ClH/c37-32-16-15-31(23-33(32)38)36(19-22-39-20-17-35(42,18-21-39)30-9-5-2-6-10-30)26-40(34(41)25-43-36)24-27-11-13-29(14-12-27)28-7-3-1-4-8-28;/h1-16,23,42H,17-22,24-26H2;1H. The van der Waals surface area contributed by atoms with Crippen molar-refractivity contribution in [2.75, 3.05) is 32.8 Å². The number of carbonyl (C=O) groups is 1. The topological polar surface area (TPSA) is 53.0 Å². The maximum Gasteiger partial charge on any atom is 0.249 e. The molecule has 1 N–H and O–H groups in total. The zero-order valence-electron chi connectivity index (χ0n) is 24.5. The summed E-state index contributed by atoms with van der Waals surface area (Å²) in [5.74, 6) is -0.0336. The lowest BCUT2D eigenvalue weighted by Gasteiger charge is -2.45. The molecule has 0 aliphatic carbocycles. The Kier molecular flexibility index (Phi) is 10.4. The maximum absolute atomic E-state index is 13.2. The van der Waals surface area contributed by atoms with E-state index in [4.69, 9.17) is 27.9 Å². The summed E-state index contributed by atoms with van der Waals surface area (Å²) >= 11 is 12.8. The number of carbonyl (C=O) groups excluding carboxylic acids is 1. The fraction of sp³-hybridized carbons (Fsp3) is 0.306. The predicted octanol–water partition coefficient (Wildman–Crippen LogP) is 7.71. The number of piperidine rings is 1.